The highest BCUT2D eigenvalue weighted by molar-refractivity contribution is 7.55. The predicted octanol–water partition coefficient (Wildman–Crippen LogP) is 3.56. The van der Waals surface area contributed by atoms with E-state index < -0.39 is 19.2 Å². The molecule has 0 amide bonds. The number of hydrogen-bond donors (Lipinski definition) is 0. The molecule has 112 valence electrons. The molecule has 0 N–H and O–H groups in total. The second-order valence-electron chi connectivity index (χ2n) is 3.94. The molecular weight excluding hydrogens is 279 g/mol. The van der Waals surface area contributed by atoms with Crippen LogP contribution < -0.4 is 0 Å². The first-order valence-corrected chi connectivity index (χ1v) is 8.30. The van der Waals surface area contributed by atoms with E-state index in [0.29, 0.717) is 5.56 Å². The summed E-state index contributed by atoms with van der Waals surface area (Å²) in [5.74, 6) is -0.594. The second-order valence-corrected chi connectivity index (χ2v) is 6.05. The average Bonchev–Trinajstić information content (AvgIpc) is 2.40. The van der Waals surface area contributed by atoms with Gasteiger partial charge in [-0.25, -0.2) is 0 Å². The van der Waals surface area contributed by atoms with Crippen LogP contribution >= 0.6 is 7.60 Å². The quantitative estimate of drug-likeness (QED) is 0.542. The van der Waals surface area contributed by atoms with Crippen LogP contribution in [0.4, 0.5) is 0 Å². The van der Waals surface area contributed by atoms with Crippen molar-refractivity contribution in [3.05, 3.63) is 35.9 Å². The molecule has 0 aliphatic carbocycles. The van der Waals surface area contributed by atoms with Crippen LogP contribution in [0, 0.1) is 0 Å². The van der Waals surface area contributed by atoms with Gasteiger partial charge >= 0.3 is 13.6 Å². The van der Waals surface area contributed by atoms with Gasteiger partial charge in [-0.3, -0.25) is 9.36 Å². The van der Waals surface area contributed by atoms with E-state index in [9.17, 15) is 9.36 Å². The van der Waals surface area contributed by atoms with Gasteiger partial charge in [-0.15, -0.1) is 0 Å². The Morgan fingerprint density at radius 1 is 1.05 bits per heavy atom. The monoisotopic (exact) mass is 300 g/mol. The third-order valence-electron chi connectivity index (χ3n) is 2.56. The zero-order chi connectivity index (χ0) is 15.0. The number of benzene rings is 1. The van der Waals surface area contributed by atoms with Crippen LogP contribution in [0.25, 0.3) is 0 Å². The van der Waals surface area contributed by atoms with E-state index in [-0.39, 0.29) is 19.8 Å². The normalized spacial score (nSPS) is 12.9. The van der Waals surface area contributed by atoms with Crippen molar-refractivity contribution in [2.24, 2.45) is 0 Å². The Morgan fingerprint density at radius 3 is 2.05 bits per heavy atom. The van der Waals surface area contributed by atoms with E-state index in [1.165, 1.54) is 0 Å². The largest absolute Gasteiger partial charge is 0.465 e. The predicted molar refractivity (Wildman–Crippen MR) is 76.7 cm³/mol. The van der Waals surface area contributed by atoms with Crippen LogP contribution in [-0.4, -0.2) is 25.8 Å². The van der Waals surface area contributed by atoms with Crippen LogP contribution in [0.1, 0.15) is 32.0 Å². The van der Waals surface area contributed by atoms with E-state index in [1.807, 2.05) is 6.07 Å². The van der Waals surface area contributed by atoms with Gasteiger partial charge in [0.25, 0.3) is 0 Å². The lowest BCUT2D eigenvalue weighted by atomic mass is 10.1. The Kier molecular flexibility index (Phi) is 6.93. The maximum atomic E-state index is 12.9. The molecule has 0 fully saturated rings. The van der Waals surface area contributed by atoms with Gasteiger partial charge in [0, 0.05) is 0 Å². The Labute approximate surface area is 119 Å². The molecule has 0 aliphatic rings. The van der Waals surface area contributed by atoms with Gasteiger partial charge in [-0.2, -0.15) is 0 Å². The first-order valence-electron chi connectivity index (χ1n) is 6.69. The summed E-state index contributed by atoms with van der Waals surface area (Å²) < 4.78 is 28.5. The molecule has 0 spiro atoms. The number of ether oxygens (including phenoxy) is 1. The highest BCUT2D eigenvalue weighted by Gasteiger charge is 2.43. The van der Waals surface area contributed by atoms with Crippen molar-refractivity contribution in [3.8, 4) is 0 Å². The summed E-state index contributed by atoms with van der Waals surface area (Å²) >= 11 is 0. The number of carbonyl (C=O) groups is 1. The lowest BCUT2D eigenvalue weighted by molar-refractivity contribution is -0.143. The smallest absolute Gasteiger partial charge is 0.349 e. The van der Waals surface area contributed by atoms with Crippen molar-refractivity contribution in [2.45, 2.75) is 26.4 Å². The van der Waals surface area contributed by atoms with Gasteiger partial charge in [0.15, 0.2) is 5.66 Å². The molecule has 0 aliphatic heterocycles. The molecule has 0 aromatic heterocycles. The molecule has 20 heavy (non-hydrogen) atoms. The topological polar surface area (TPSA) is 61.8 Å². The van der Waals surface area contributed by atoms with Crippen molar-refractivity contribution in [1.82, 2.24) is 0 Å². The first-order chi connectivity index (χ1) is 9.59. The van der Waals surface area contributed by atoms with Crippen LogP contribution in [-0.2, 0) is 23.1 Å². The lowest BCUT2D eigenvalue weighted by Gasteiger charge is -2.25. The third-order valence-corrected chi connectivity index (χ3v) is 4.94. The van der Waals surface area contributed by atoms with E-state index in [0.717, 1.165) is 0 Å². The molecule has 1 unspecified atom stereocenters. The fourth-order valence-corrected chi connectivity index (χ4v) is 3.81. The summed E-state index contributed by atoms with van der Waals surface area (Å²) in [6.45, 7) is 5.71. The molecule has 6 heteroatoms. The number of rotatable bonds is 8. The molecule has 0 saturated carbocycles. The molecule has 1 aromatic carbocycles. The second kappa shape index (κ2) is 8.20. The standard InChI is InChI=1S/C14H21O5P/c1-4-17-14(15)13(12-10-8-7-9-11-12)20(16,18-5-2)19-6-3/h7-11,13H,4-6H2,1-3H3. The molecule has 0 saturated heterocycles. The third kappa shape index (κ3) is 4.17. The van der Waals surface area contributed by atoms with E-state index in [4.69, 9.17) is 13.8 Å². The van der Waals surface area contributed by atoms with Gasteiger partial charge in [-0.05, 0) is 26.3 Å². The summed E-state index contributed by atoms with van der Waals surface area (Å²) in [4.78, 5) is 12.2. The van der Waals surface area contributed by atoms with Gasteiger partial charge in [0.05, 0.1) is 19.8 Å². The van der Waals surface area contributed by atoms with Crippen molar-refractivity contribution in [2.75, 3.05) is 19.8 Å². The van der Waals surface area contributed by atoms with Crippen molar-refractivity contribution >= 4 is 13.6 Å². The summed E-state index contributed by atoms with van der Waals surface area (Å²) in [6, 6.07) is 8.78. The summed E-state index contributed by atoms with van der Waals surface area (Å²) in [5, 5.41) is 0. The van der Waals surface area contributed by atoms with E-state index in [2.05, 4.69) is 0 Å². The van der Waals surface area contributed by atoms with Crippen LogP contribution in [0.5, 0.6) is 0 Å². The Morgan fingerprint density at radius 2 is 1.60 bits per heavy atom. The Balaban J connectivity index is 3.21. The fourth-order valence-electron chi connectivity index (χ4n) is 1.85. The van der Waals surface area contributed by atoms with Gasteiger partial charge < -0.3 is 13.8 Å². The minimum atomic E-state index is -3.61. The Bertz CT molecular complexity index is 450. The molecule has 1 atom stereocenters. The maximum Gasteiger partial charge on any atom is 0.349 e. The molecule has 5 nitrogen and oxygen atoms in total. The molecular formula is C14H21O5P. The average molecular weight is 300 g/mol. The molecule has 0 bridgehead atoms. The lowest BCUT2D eigenvalue weighted by Crippen LogP contribution is -2.19. The van der Waals surface area contributed by atoms with Crippen molar-refractivity contribution < 1.29 is 23.1 Å². The van der Waals surface area contributed by atoms with Crippen LogP contribution in [0.2, 0.25) is 0 Å². The number of hydrogen-bond acceptors (Lipinski definition) is 5. The number of carbonyl (C=O) groups excluding carboxylic acids is 1. The zero-order valence-electron chi connectivity index (χ0n) is 12.1. The van der Waals surface area contributed by atoms with Crippen molar-refractivity contribution in [3.63, 3.8) is 0 Å². The first kappa shape index (κ1) is 16.9. The minimum Gasteiger partial charge on any atom is -0.465 e. The van der Waals surface area contributed by atoms with E-state index >= 15 is 0 Å². The molecule has 1 rings (SSSR count). The summed E-state index contributed by atoms with van der Waals surface area (Å²) in [7, 11) is -3.61. The van der Waals surface area contributed by atoms with Gasteiger partial charge in [0.1, 0.15) is 0 Å². The van der Waals surface area contributed by atoms with Gasteiger partial charge in [0.2, 0.25) is 0 Å². The molecule has 0 radical (unpaired) electrons. The highest BCUT2D eigenvalue weighted by Crippen LogP contribution is 2.61. The SMILES string of the molecule is CCOC(=O)C(c1ccccc1)P(=O)(OCC)OCC. The van der Waals surface area contributed by atoms with Crippen LogP contribution in [0.15, 0.2) is 30.3 Å². The minimum absolute atomic E-state index is 0.194. The molecule has 0 heterocycles. The maximum absolute atomic E-state index is 12.9. The van der Waals surface area contributed by atoms with E-state index in [1.54, 1.807) is 45.0 Å². The summed E-state index contributed by atoms with van der Waals surface area (Å²) in [6.07, 6.45) is 0. The highest BCUT2D eigenvalue weighted by atomic mass is 31.2. The molecule has 1 aromatic rings. The number of esters is 1. The zero-order valence-corrected chi connectivity index (χ0v) is 13.0. The fraction of sp³-hybridized carbons (Fsp3) is 0.500. The Hall–Kier alpha value is -1.16. The van der Waals surface area contributed by atoms with Crippen molar-refractivity contribution in [1.29, 1.82) is 0 Å². The van der Waals surface area contributed by atoms with Gasteiger partial charge in [-0.1, -0.05) is 30.3 Å². The van der Waals surface area contributed by atoms with Crippen LogP contribution in [0.3, 0.4) is 0 Å². The summed E-state index contributed by atoms with van der Waals surface area (Å²) in [5.41, 5.74) is -0.486.